The largest absolute Gasteiger partial charge is 0.316 e. The Morgan fingerprint density at radius 3 is 2.89 bits per heavy atom. The van der Waals surface area contributed by atoms with Gasteiger partial charge in [0.05, 0.1) is 5.92 Å². The van der Waals surface area contributed by atoms with Crippen molar-refractivity contribution in [2.75, 3.05) is 24.5 Å². The van der Waals surface area contributed by atoms with E-state index in [-0.39, 0.29) is 5.92 Å². The van der Waals surface area contributed by atoms with E-state index in [4.69, 9.17) is 0 Å². The summed E-state index contributed by atoms with van der Waals surface area (Å²) >= 11 is 0. The topological polar surface area (TPSA) is 32.3 Å². The Bertz CT molecular complexity index is 501. The van der Waals surface area contributed by atoms with Crippen LogP contribution in [0.5, 0.6) is 0 Å². The van der Waals surface area contributed by atoms with Gasteiger partial charge in [-0.1, -0.05) is 18.2 Å². The van der Waals surface area contributed by atoms with Crippen molar-refractivity contribution in [3.63, 3.8) is 0 Å². The normalized spacial score (nSPS) is 27.6. The van der Waals surface area contributed by atoms with Gasteiger partial charge in [-0.2, -0.15) is 0 Å². The molecule has 1 atom stereocenters. The van der Waals surface area contributed by atoms with Crippen LogP contribution in [0.15, 0.2) is 24.3 Å². The van der Waals surface area contributed by atoms with Crippen molar-refractivity contribution in [1.29, 1.82) is 0 Å². The molecule has 1 aliphatic carbocycles. The molecule has 2 aliphatic heterocycles. The van der Waals surface area contributed by atoms with Gasteiger partial charge in [0, 0.05) is 24.2 Å². The van der Waals surface area contributed by atoms with Gasteiger partial charge in [0.2, 0.25) is 5.91 Å². The minimum atomic E-state index is 0.187. The molecule has 1 aromatic rings. The molecule has 1 aromatic carbocycles. The Hall–Kier alpha value is -1.35. The zero-order valence-electron chi connectivity index (χ0n) is 10.5. The summed E-state index contributed by atoms with van der Waals surface area (Å²) in [5.74, 6) is 0.517. The second-order valence-corrected chi connectivity index (χ2v) is 5.91. The van der Waals surface area contributed by atoms with Crippen LogP contribution in [0, 0.1) is 5.92 Å². The van der Waals surface area contributed by atoms with E-state index in [0.29, 0.717) is 11.3 Å². The number of benzene rings is 1. The lowest BCUT2D eigenvalue weighted by atomic mass is 9.99. The summed E-state index contributed by atoms with van der Waals surface area (Å²) in [6.07, 6.45) is 3.48. The van der Waals surface area contributed by atoms with E-state index in [1.165, 1.54) is 24.1 Å². The third-order valence-corrected chi connectivity index (χ3v) is 4.76. The molecule has 2 heterocycles. The average molecular weight is 242 g/mol. The number of rotatable bonds is 1. The smallest absolute Gasteiger partial charge is 0.231 e. The first-order valence-corrected chi connectivity index (χ1v) is 6.92. The minimum Gasteiger partial charge on any atom is -0.316 e. The Balaban J connectivity index is 1.69. The molecule has 94 valence electrons. The SMILES string of the molecule is O=C(C1CCNC1)N1CC2(CC2)c2ccccc21. The first-order valence-electron chi connectivity index (χ1n) is 6.92. The van der Waals surface area contributed by atoms with Crippen LogP contribution in [-0.2, 0) is 10.2 Å². The number of nitrogens with one attached hydrogen (secondary N) is 1. The molecular weight excluding hydrogens is 224 g/mol. The van der Waals surface area contributed by atoms with E-state index < -0.39 is 0 Å². The molecule has 18 heavy (non-hydrogen) atoms. The average Bonchev–Trinajstić information content (AvgIpc) is 2.87. The molecule has 1 unspecified atom stereocenters. The van der Waals surface area contributed by atoms with Crippen LogP contribution in [0.3, 0.4) is 0 Å². The lowest BCUT2D eigenvalue weighted by Crippen LogP contribution is -2.37. The molecule has 1 N–H and O–H groups in total. The second-order valence-electron chi connectivity index (χ2n) is 5.91. The van der Waals surface area contributed by atoms with E-state index in [0.717, 1.165) is 26.1 Å². The number of hydrogen-bond acceptors (Lipinski definition) is 2. The van der Waals surface area contributed by atoms with Gasteiger partial charge in [-0.3, -0.25) is 4.79 Å². The van der Waals surface area contributed by atoms with Crippen molar-refractivity contribution in [2.24, 2.45) is 5.92 Å². The molecule has 3 nitrogen and oxygen atoms in total. The van der Waals surface area contributed by atoms with Crippen LogP contribution in [0.1, 0.15) is 24.8 Å². The molecule has 0 aromatic heterocycles. The molecule has 2 fully saturated rings. The first-order chi connectivity index (χ1) is 8.80. The second kappa shape index (κ2) is 3.58. The van der Waals surface area contributed by atoms with Gasteiger partial charge in [0.1, 0.15) is 0 Å². The van der Waals surface area contributed by atoms with Crippen LogP contribution in [0.25, 0.3) is 0 Å². The van der Waals surface area contributed by atoms with Crippen molar-refractivity contribution in [3.05, 3.63) is 29.8 Å². The number of anilines is 1. The predicted octanol–water partition coefficient (Wildman–Crippen LogP) is 1.67. The fraction of sp³-hybridized carbons (Fsp3) is 0.533. The van der Waals surface area contributed by atoms with Crippen LogP contribution in [0.2, 0.25) is 0 Å². The molecule has 0 bridgehead atoms. The summed E-state index contributed by atoms with van der Waals surface area (Å²) in [7, 11) is 0. The fourth-order valence-electron chi connectivity index (χ4n) is 3.49. The Morgan fingerprint density at radius 1 is 1.33 bits per heavy atom. The van der Waals surface area contributed by atoms with Crippen molar-refractivity contribution >= 4 is 11.6 Å². The highest BCUT2D eigenvalue weighted by atomic mass is 16.2. The van der Waals surface area contributed by atoms with E-state index in [9.17, 15) is 4.79 Å². The number of carbonyl (C=O) groups is 1. The Labute approximate surface area is 107 Å². The van der Waals surface area contributed by atoms with Crippen molar-refractivity contribution in [3.8, 4) is 0 Å². The summed E-state index contributed by atoms with van der Waals surface area (Å²) in [6.45, 7) is 2.75. The van der Waals surface area contributed by atoms with Gasteiger partial charge < -0.3 is 10.2 Å². The van der Waals surface area contributed by atoms with Crippen LogP contribution in [0.4, 0.5) is 5.69 Å². The quantitative estimate of drug-likeness (QED) is 0.812. The zero-order chi connectivity index (χ0) is 12.2. The first kappa shape index (κ1) is 10.6. The molecule has 1 amide bonds. The Kier molecular flexibility index (Phi) is 2.10. The monoisotopic (exact) mass is 242 g/mol. The van der Waals surface area contributed by atoms with Gasteiger partial charge in [-0.25, -0.2) is 0 Å². The van der Waals surface area contributed by atoms with Gasteiger partial charge in [-0.05, 0) is 37.4 Å². The van der Waals surface area contributed by atoms with Crippen LogP contribution >= 0.6 is 0 Å². The Morgan fingerprint density at radius 2 is 2.17 bits per heavy atom. The van der Waals surface area contributed by atoms with Gasteiger partial charge in [0.25, 0.3) is 0 Å². The molecule has 3 aliphatic rings. The minimum absolute atomic E-state index is 0.187. The highest BCUT2D eigenvalue weighted by molar-refractivity contribution is 5.98. The van der Waals surface area contributed by atoms with Crippen LogP contribution < -0.4 is 10.2 Å². The van der Waals surface area contributed by atoms with Gasteiger partial charge in [0.15, 0.2) is 0 Å². The number of para-hydroxylation sites is 1. The van der Waals surface area contributed by atoms with Gasteiger partial charge >= 0.3 is 0 Å². The van der Waals surface area contributed by atoms with E-state index in [1.807, 2.05) is 6.07 Å². The molecule has 1 saturated carbocycles. The summed E-state index contributed by atoms with van der Waals surface area (Å²) in [5, 5.41) is 3.29. The van der Waals surface area contributed by atoms with E-state index in [2.05, 4.69) is 28.4 Å². The maximum Gasteiger partial charge on any atom is 0.231 e. The maximum absolute atomic E-state index is 12.6. The summed E-state index contributed by atoms with van der Waals surface area (Å²) in [6, 6.07) is 8.47. The molecule has 3 heteroatoms. The third-order valence-electron chi connectivity index (χ3n) is 4.76. The third kappa shape index (κ3) is 1.37. The lowest BCUT2D eigenvalue weighted by Gasteiger charge is -2.21. The highest BCUT2D eigenvalue weighted by Gasteiger charge is 2.53. The molecule has 1 spiro atoms. The van der Waals surface area contributed by atoms with Crippen molar-refractivity contribution in [2.45, 2.75) is 24.7 Å². The summed E-state index contributed by atoms with van der Waals surface area (Å²) in [5.41, 5.74) is 2.90. The van der Waals surface area contributed by atoms with Crippen molar-refractivity contribution < 1.29 is 4.79 Å². The standard InChI is InChI=1S/C15H18N2O/c18-14(11-5-8-16-9-11)17-10-15(6-7-15)12-3-1-2-4-13(12)17/h1-4,11,16H,5-10H2. The zero-order valence-corrected chi connectivity index (χ0v) is 10.5. The molecule has 0 radical (unpaired) electrons. The van der Waals surface area contributed by atoms with E-state index in [1.54, 1.807) is 0 Å². The highest BCUT2D eigenvalue weighted by Crippen LogP contribution is 2.56. The molecule has 1 saturated heterocycles. The predicted molar refractivity (Wildman–Crippen MR) is 70.7 cm³/mol. The summed E-state index contributed by atoms with van der Waals surface area (Å²) in [4.78, 5) is 14.7. The van der Waals surface area contributed by atoms with Crippen LogP contribution in [-0.4, -0.2) is 25.5 Å². The number of nitrogens with zero attached hydrogens (tertiary/aromatic N) is 1. The molecule has 4 rings (SSSR count). The number of amides is 1. The number of fused-ring (bicyclic) bond motifs is 2. The lowest BCUT2D eigenvalue weighted by molar-refractivity contribution is -0.121. The van der Waals surface area contributed by atoms with E-state index >= 15 is 0 Å². The molecular formula is C15H18N2O. The number of carbonyl (C=O) groups excluding carboxylic acids is 1. The summed E-state index contributed by atoms with van der Waals surface area (Å²) < 4.78 is 0. The maximum atomic E-state index is 12.6. The fourth-order valence-corrected chi connectivity index (χ4v) is 3.49. The van der Waals surface area contributed by atoms with Gasteiger partial charge in [-0.15, -0.1) is 0 Å². The number of hydrogen-bond donors (Lipinski definition) is 1. The van der Waals surface area contributed by atoms with Crippen molar-refractivity contribution in [1.82, 2.24) is 5.32 Å².